The van der Waals surface area contributed by atoms with E-state index in [1.54, 1.807) is 54.6 Å². The zero-order valence-corrected chi connectivity index (χ0v) is 19.1. The summed E-state index contributed by atoms with van der Waals surface area (Å²) in [5, 5.41) is 3.49. The first-order valence-corrected chi connectivity index (χ1v) is 10.9. The topological polar surface area (TPSA) is 67.9 Å². The van der Waals surface area contributed by atoms with Crippen LogP contribution in [0.1, 0.15) is 18.9 Å². The Labute approximate surface area is 197 Å². The second kappa shape index (κ2) is 9.79. The van der Waals surface area contributed by atoms with Gasteiger partial charge in [-0.1, -0.05) is 54.9 Å². The highest BCUT2D eigenvalue weighted by molar-refractivity contribution is 6.46. The third kappa shape index (κ3) is 4.56. The molecule has 0 aliphatic carbocycles. The van der Waals surface area contributed by atoms with Crippen LogP contribution < -0.4 is 19.7 Å². The summed E-state index contributed by atoms with van der Waals surface area (Å²) in [5.74, 6) is 0.234. The monoisotopic (exact) mass is 462 g/mol. The summed E-state index contributed by atoms with van der Waals surface area (Å²) >= 11 is 6.26. The number of anilines is 2. The van der Waals surface area contributed by atoms with Crippen LogP contribution >= 0.6 is 11.6 Å². The minimum atomic E-state index is -0.460. The normalized spacial score (nSPS) is 13.5. The van der Waals surface area contributed by atoms with Crippen LogP contribution in [0.25, 0.3) is 5.57 Å². The van der Waals surface area contributed by atoms with Crippen LogP contribution in [-0.2, 0) is 9.59 Å². The van der Waals surface area contributed by atoms with E-state index < -0.39 is 11.8 Å². The van der Waals surface area contributed by atoms with Gasteiger partial charge in [0, 0.05) is 11.8 Å². The highest BCUT2D eigenvalue weighted by atomic mass is 35.5. The van der Waals surface area contributed by atoms with E-state index >= 15 is 0 Å². The SMILES string of the molecule is CCCOc1cccc(N2C(=O)C(Nc3ccc(OC)c(Cl)c3)=C(c3ccccc3)C2=O)c1. The van der Waals surface area contributed by atoms with Gasteiger partial charge in [-0.3, -0.25) is 9.59 Å². The van der Waals surface area contributed by atoms with Gasteiger partial charge < -0.3 is 14.8 Å². The second-order valence-electron chi connectivity index (χ2n) is 7.38. The van der Waals surface area contributed by atoms with Crippen molar-refractivity contribution in [1.82, 2.24) is 0 Å². The van der Waals surface area contributed by atoms with Crippen molar-refractivity contribution in [3.8, 4) is 11.5 Å². The summed E-state index contributed by atoms with van der Waals surface area (Å²) in [7, 11) is 1.53. The lowest BCUT2D eigenvalue weighted by Gasteiger charge is -2.17. The Hall–Kier alpha value is -3.77. The van der Waals surface area contributed by atoms with Crippen molar-refractivity contribution < 1.29 is 19.1 Å². The molecule has 1 N–H and O–H groups in total. The van der Waals surface area contributed by atoms with E-state index in [-0.39, 0.29) is 11.3 Å². The lowest BCUT2D eigenvalue weighted by molar-refractivity contribution is -0.120. The third-order valence-electron chi connectivity index (χ3n) is 5.12. The molecule has 33 heavy (non-hydrogen) atoms. The molecule has 0 spiro atoms. The van der Waals surface area contributed by atoms with Gasteiger partial charge in [0.2, 0.25) is 0 Å². The molecule has 4 rings (SSSR count). The van der Waals surface area contributed by atoms with E-state index in [4.69, 9.17) is 21.1 Å². The Morgan fingerprint density at radius 2 is 1.73 bits per heavy atom. The van der Waals surface area contributed by atoms with Crippen molar-refractivity contribution in [2.24, 2.45) is 0 Å². The molecule has 0 atom stereocenters. The largest absolute Gasteiger partial charge is 0.495 e. The number of halogens is 1. The number of nitrogens with one attached hydrogen (secondary N) is 1. The maximum Gasteiger partial charge on any atom is 0.282 e. The first-order valence-electron chi connectivity index (χ1n) is 10.6. The fourth-order valence-corrected chi connectivity index (χ4v) is 3.83. The zero-order chi connectivity index (χ0) is 23.4. The molecule has 7 heteroatoms. The number of hydrogen-bond donors (Lipinski definition) is 1. The Bertz CT molecular complexity index is 1220. The molecule has 0 saturated heterocycles. The summed E-state index contributed by atoms with van der Waals surface area (Å²) in [4.78, 5) is 28.2. The van der Waals surface area contributed by atoms with E-state index in [1.165, 1.54) is 7.11 Å². The average Bonchev–Trinajstić information content (AvgIpc) is 3.07. The van der Waals surface area contributed by atoms with Crippen LogP contribution in [-0.4, -0.2) is 25.5 Å². The van der Waals surface area contributed by atoms with Gasteiger partial charge in [0.15, 0.2) is 0 Å². The molecule has 0 saturated carbocycles. The molecule has 0 bridgehead atoms. The molecule has 1 aliphatic rings. The smallest absolute Gasteiger partial charge is 0.282 e. The number of benzene rings is 3. The molecule has 1 heterocycles. The molecular weight excluding hydrogens is 440 g/mol. The maximum atomic E-state index is 13.5. The van der Waals surface area contributed by atoms with Crippen molar-refractivity contribution in [3.63, 3.8) is 0 Å². The van der Waals surface area contributed by atoms with Gasteiger partial charge in [0.25, 0.3) is 11.8 Å². The molecular formula is C26H23ClN2O4. The highest BCUT2D eigenvalue weighted by Gasteiger charge is 2.40. The summed E-state index contributed by atoms with van der Waals surface area (Å²) in [6, 6.07) is 21.1. The van der Waals surface area contributed by atoms with Gasteiger partial charge in [-0.2, -0.15) is 0 Å². The maximum absolute atomic E-state index is 13.5. The van der Waals surface area contributed by atoms with Gasteiger partial charge in [0.1, 0.15) is 17.2 Å². The van der Waals surface area contributed by atoms with Crippen LogP contribution in [0.4, 0.5) is 11.4 Å². The number of carbonyl (C=O) groups is 2. The molecule has 0 unspecified atom stereocenters. The number of amides is 2. The van der Waals surface area contributed by atoms with Gasteiger partial charge in [-0.15, -0.1) is 0 Å². The fraction of sp³-hybridized carbons (Fsp3) is 0.154. The summed E-state index contributed by atoms with van der Waals surface area (Å²) < 4.78 is 10.9. The first kappa shape index (κ1) is 22.4. The predicted octanol–water partition coefficient (Wildman–Crippen LogP) is 5.53. The number of methoxy groups -OCH3 is 1. The van der Waals surface area contributed by atoms with E-state index in [0.29, 0.717) is 40.1 Å². The van der Waals surface area contributed by atoms with Crippen LogP contribution in [0.2, 0.25) is 5.02 Å². The third-order valence-corrected chi connectivity index (χ3v) is 5.41. The summed E-state index contributed by atoms with van der Waals surface area (Å²) in [6.45, 7) is 2.56. The summed E-state index contributed by atoms with van der Waals surface area (Å²) in [6.07, 6.45) is 0.851. The van der Waals surface area contributed by atoms with Crippen LogP contribution in [0.15, 0.2) is 78.5 Å². The lowest BCUT2D eigenvalue weighted by atomic mass is 10.0. The van der Waals surface area contributed by atoms with Crippen LogP contribution in [0.5, 0.6) is 11.5 Å². The molecule has 6 nitrogen and oxygen atoms in total. The van der Waals surface area contributed by atoms with Gasteiger partial charge in [-0.25, -0.2) is 4.90 Å². The molecule has 0 aromatic heterocycles. The Morgan fingerprint density at radius 3 is 2.42 bits per heavy atom. The minimum absolute atomic E-state index is 0.173. The van der Waals surface area contributed by atoms with Crippen LogP contribution in [0, 0.1) is 0 Å². The van der Waals surface area contributed by atoms with Crippen molar-refractivity contribution in [2.75, 3.05) is 23.9 Å². The van der Waals surface area contributed by atoms with E-state index in [1.807, 2.05) is 25.1 Å². The molecule has 168 valence electrons. The zero-order valence-electron chi connectivity index (χ0n) is 18.3. The summed E-state index contributed by atoms with van der Waals surface area (Å²) in [5.41, 5.74) is 2.10. The van der Waals surface area contributed by atoms with E-state index in [0.717, 1.165) is 11.3 Å². The van der Waals surface area contributed by atoms with Gasteiger partial charge in [0.05, 0.1) is 30.0 Å². The quantitative estimate of drug-likeness (QED) is 0.445. The number of carbonyl (C=O) groups excluding carboxylic acids is 2. The van der Waals surface area contributed by atoms with E-state index in [9.17, 15) is 9.59 Å². The fourth-order valence-electron chi connectivity index (χ4n) is 3.57. The van der Waals surface area contributed by atoms with Crippen molar-refractivity contribution in [3.05, 3.63) is 89.1 Å². The molecule has 1 aliphatic heterocycles. The number of imide groups is 1. The molecule has 2 amide bonds. The van der Waals surface area contributed by atoms with Gasteiger partial charge in [-0.05, 0) is 42.3 Å². The standard InChI is InChI=1S/C26H23ClN2O4/c1-3-14-33-20-11-7-10-19(16-20)29-25(30)23(17-8-5-4-6-9-17)24(26(29)31)28-18-12-13-22(32-2)21(27)15-18/h4-13,15-16,28H,3,14H2,1-2H3. The Kier molecular flexibility index (Phi) is 6.66. The predicted molar refractivity (Wildman–Crippen MR) is 130 cm³/mol. The molecule has 3 aromatic rings. The van der Waals surface area contributed by atoms with Crippen LogP contribution in [0.3, 0.4) is 0 Å². The Morgan fingerprint density at radius 1 is 0.939 bits per heavy atom. The lowest BCUT2D eigenvalue weighted by Crippen LogP contribution is -2.32. The second-order valence-corrected chi connectivity index (χ2v) is 7.79. The molecule has 0 fully saturated rings. The number of nitrogens with zero attached hydrogens (tertiary/aromatic N) is 1. The molecule has 3 aromatic carbocycles. The van der Waals surface area contributed by atoms with Crippen molar-refractivity contribution in [1.29, 1.82) is 0 Å². The number of hydrogen-bond acceptors (Lipinski definition) is 5. The number of rotatable bonds is 8. The van der Waals surface area contributed by atoms with Gasteiger partial charge >= 0.3 is 0 Å². The highest BCUT2D eigenvalue weighted by Crippen LogP contribution is 2.36. The molecule has 0 radical (unpaired) electrons. The van der Waals surface area contributed by atoms with E-state index in [2.05, 4.69) is 5.32 Å². The Balaban J connectivity index is 1.75. The number of ether oxygens (including phenoxy) is 2. The van der Waals surface area contributed by atoms with Crippen molar-refractivity contribution in [2.45, 2.75) is 13.3 Å². The first-order chi connectivity index (χ1) is 16.0. The average molecular weight is 463 g/mol. The van der Waals surface area contributed by atoms with Crippen molar-refractivity contribution >= 4 is 40.4 Å². The minimum Gasteiger partial charge on any atom is -0.495 e.